The SMILES string of the molecule is CCCOC(=O)C(c1ccccc1)N1C(=O)/C(=C/c2ccc(OCc3ccccc3Cl)c(OCC)c2)SC1=S. The van der Waals surface area contributed by atoms with Crippen LogP contribution < -0.4 is 9.47 Å². The van der Waals surface area contributed by atoms with Crippen molar-refractivity contribution in [2.24, 2.45) is 0 Å². The van der Waals surface area contributed by atoms with Gasteiger partial charge < -0.3 is 14.2 Å². The molecule has 1 heterocycles. The minimum absolute atomic E-state index is 0.262. The number of rotatable bonds is 11. The summed E-state index contributed by atoms with van der Waals surface area (Å²) in [7, 11) is 0. The predicted molar refractivity (Wildman–Crippen MR) is 159 cm³/mol. The van der Waals surface area contributed by atoms with E-state index in [-0.39, 0.29) is 19.1 Å². The summed E-state index contributed by atoms with van der Waals surface area (Å²) in [5, 5.41) is 0.626. The topological polar surface area (TPSA) is 65.1 Å². The molecule has 1 aliphatic rings. The fourth-order valence-electron chi connectivity index (χ4n) is 3.93. The van der Waals surface area contributed by atoms with Crippen molar-refractivity contribution < 1.29 is 23.8 Å². The summed E-state index contributed by atoms with van der Waals surface area (Å²) in [6.45, 7) is 4.78. The van der Waals surface area contributed by atoms with Crippen LogP contribution in [0.5, 0.6) is 11.5 Å². The normalized spacial score (nSPS) is 14.9. The molecule has 1 amide bonds. The van der Waals surface area contributed by atoms with Gasteiger partial charge in [0.1, 0.15) is 10.9 Å². The van der Waals surface area contributed by atoms with Crippen LogP contribution in [0.4, 0.5) is 0 Å². The van der Waals surface area contributed by atoms with Gasteiger partial charge >= 0.3 is 5.97 Å². The molecule has 6 nitrogen and oxygen atoms in total. The van der Waals surface area contributed by atoms with E-state index >= 15 is 0 Å². The van der Waals surface area contributed by atoms with E-state index in [0.717, 1.165) is 22.9 Å². The lowest BCUT2D eigenvalue weighted by molar-refractivity contribution is -0.151. The molecule has 39 heavy (non-hydrogen) atoms. The van der Waals surface area contributed by atoms with Crippen molar-refractivity contribution in [2.45, 2.75) is 32.9 Å². The van der Waals surface area contributed by atoms with Crippen LogP contribution in [-0.4, -0.2) is 34.3 Å². The maximum atomic E-state index is 13.6. The van der Waals surface area contributed by atoms with Gasteiger partial charge in [-0.1, -0.05) is 97.1 Å². The predicted octanol–water partition coefficient (Wildman–Crippen LogP) is 7.21. The standard InChI is InChI=1S/C30H28ClNO5S2/c1-3-16-36-29(34)27(21-10-6-5-7-11-21)32-28(33)26(39-30(32)38)18-20-14-15-24(25(17-20)35-4-2)37-19-22-12-8-9-13-23(22)31/h5-15,17-18,27H,3-4,16,19H2,1-2H3/b26-18-. The summed E-state index contributed by atoms with van der Waals surface area (Å²) in [6.07, 6.45) is 2.41. The first kappa shape index (κ1) is 28.7. The third kappa shape index (κ3) is 7.01. The van der Waals surface area contributed by atoms with E-state index in [1.807, 2.05) is 68.4 Å². The molecule has 1 unspecified atom stereocenters. The molecule has 4 rings (SSSR count). The van der Waals surface area contributed by atoms with E-state index in [2.05, 4.69) is 0 Å². The molecule has 0 spiro atoms. The Balaban J connectivity index is 1.58. The first-order valence-corrected chi connectivity index (χ1v) is 14.1. The number of thiocarbonyl (C=S) groups is 1. The van der Waals surface area contributed by atoms with E-state index in [9.17, 15) is 9.59 Å². The zero-order chi connectivity index (χ0) is 27.8. The number of halogens is 1. The number of benzene rings is 3. The third-order valence-corrected chi connectivity index (χ3v) is 7.47. The number of hydrogen-bond acceptors (Lipinski definition) is 7. The molecule has 9 heteroatoms. The maximum absolute atomic E-state index is 13.6. The highest BCUT2D eigenvalue weighted by atomic mass is 35.5. The maximum Gasteiger partial charge on any atom is 0.333 e. The number of hydrogen-bond donors (Lipinski definition) is 0. The number of carbonyl (C=O) groups excluding carboxylic acids is 2. The summed E-state index contributed by atoms with van der Waals surface area (Å²) in [5.41, 5.74) is 2.23. The van der Waals surface area contributed by atoms with Gasteiger partial charge in [0.2, 0.25) is 0 Å². The summed E-state index contributed by atoms with van der Waals surface area (Å²) in [5.74, 6) is 0.229. The van der Waals surface area contributed by atoms with Crippen molar-refractivity contribution in [3.05, 3.63) is 99.4 Å². The lowest BCUT2D eigenvalue weighted by atomic mass is 10.1. The molecule has 3 aromatic rings. The Bertz CT molecular complexity index is 1380. The van der Waals surface area contributed by atoms with E-state index < -0.39 is 12.0 Å². The van der Waals surface area contributed by atoms with Crippen LogP contribution in [0.15, 0.2) is 77.7 Å². The van der Waals surface area contributed by atoms with E-state index in [1.54, 1.807) is 24.3 Å². The fourth-order valence-corrected chi connectivity index (χ4v) is 5.44. The second-order valence-electron chi connectivity index (χ2n) is 8.55. The van der Waals surface area contributed by atoms with Crippen molar-refractivity contribution >= 4 is 57.9 Å². The van der Waals surface area contributed by atoms with Crippen LogP contribution in [0.25, 0.3) is 6.08 Å². The molecule has 1 fully saturated rings. The molecule has 1 saturated heterocycles. The molecular weight excluding hydrogens is 554 g/mol. The van der Waals surface area contributed by atoms with E-state index in [4.69, 9.17) is 38.0 Å². The number of thioether (sulfide) groups is 1. The Labute approximate surface area is 242 Å². The number of amides is 1. The molecule has 3 aromatic carbocycles. The van der Waals surface area contributed by atoms with Crippen LogP contribution in [-0.2, 0) is 20.9 Å². The summed E-state index contributed by atoms with van der Waals surface area (Å²) < 4.78 is 17.5. The van der Waals surface area contributed by atoms with Gasteiger partial charge in [0.05, 0.1) is 18.1 Å². The third-order valence-electron chi connectivity index (χ3n) is 5.78. The van der Waals surface area contributed by atoms with Gasteiger partial charge in [0, 0.05) is 10.6 Å². The van der Waals surface area contributed by atoms with Crippen LogP contribution in [0.2, 0.25) is 5.02 Å². The number of nitrogens with zero attached hydrogens (tertiary/aromatic N) is 1. The van der Waals surface area contributed by atoms with Crippen molar-refractivity contribution in [3.63, 3.8) is 0 Å². The highest BCUT2D eigenvalue weighted by molar-refractivity contribution is 8.26. The smallest absolute Gasteiger partial charge is 0.333 e. The van der Waals surface area contributed by atoms with Gasteiger partial charge in [-0.05, 0) is 48.7 Å². The second-order valence-corrected chi connectivity index (χ2v) is 10.6. The quantitative estimate of drug-likeness (QED) is 0.135. The molecule has 0 aliphatic carbocycles. The zero-order valence-electron chi connectivity index (χ0n) is 21.6. The fraction of sp³-hybridized carbons (Fsp3) is 0.233. The molecule has 202 valence electrons. The summed E-state index contributed by atoms with van der Waals surface area (Å²) in [4.78, 5) is 28.3. The molecule has 0 aromatic heterocycles. The average Bonchev–Trinajstić information content (AvgIpc) is 3.21. The number of carbonyl (C=O) groups is 2. The van der Waals surface area contributed by atoms with Crippen molar-refractivity contribution in [1.29, 1.82) is 0 Å². The van der Waals surface area contributed by atoms with E-state index in [0.29, 0.717) is 44.3 Å². The molecule has 0 N–H and O–H groups in total. The second kappa shape index (κ2) is 13.6. The Morgan fingerprint density at radius 3 is 2.49 bits per heavy atom. The van der Waals surface area contributed by atoms with Gasteiger partial charge in [-0.2, -0.15) is 0 Å². The largest absolute Gasteiger partial charge is 0.490 e. The van der Waals surface area contributed by atoms with Crippen molar-refractivity contribution in [3.8, 4) is 11.5 Å². The van der Waals surface area contributed by atoms with Gasteiger partial charge in [-0.25, -0.2) is 4.79 Å². The molecule has 1 atom stereocenters. The van der Waals surface area contributed by atoms with Crippen LogP contribution in [0, 0.1) is 0 Å². The van der Waals surface area contributed by atoms with Crippen LogP contribution in [0.3, 0.4) is 0 Å². The van der Waals surface area contributed by atoms with Gasteiger partial charge in [0.15, 0.2) is 17.5 Å². The average molecular weight is 582 g/mol. The minimum atomic E-state index is -0.962. The Kier molecular flexibility index (Phi) is 10.0. The summed E-state index contributed by atoms with van der Waals surface area (Å²) in [6, 6.07) is 21.0. The van der Waals surface area contributed by atoms with E-state index in [1.165, 1.54) is 4.90 Å². The Hall–Kier alpha value is -3.33. The highest BCUT2D eigenvalue weighted by Gasteiger charge is 2.42. The Morgan fingerprint density at radius 2 is 1.77 bits per heavy atom. The van der Waals surface area contributed by atoms with Crippen molar-refractivity contribution in [1.82, 2.24) is 4.90 Å². The first-order valence-electron chi connectivity index (χ1n) is 12.5. The lowest BCUT2D eigenvalue weighted by Gasteiger charge is -2.25. The van der Waals surface area contributed by atoms with Crippen molar-refractivity contribution in [2.75, 3.05) is 13.2 Å². The van der Waals surface area contributed by atoms with Gasteiger partial charge in [-0.3, -0.25) is 9.69 Å². The first-order chi connectivity index (χ1) is 18.9. The number of ether oxygens (including phenoxy) is 3. The molecular formula is C30H28ClNO5S2. The molecule has 0 bridgehead atoms. The summed E-state index contributed by atoms with van der Waals surface area (Å²) >= 11 is 13.0. The van der Waals surface area contributed by atoms with Gasteiger partial charge in [0.25, 0.3) is 5.91 Å². The Morgan fingerprint density at radius 1 is 1.03 bits per heavy atom. The molecule has 0 saturated carbocycles. The molecule has 1 aliphatic heterocycles. The van der Waals surface area contributed by atoms with Crippen LogP contribution in [0.1, 0.15) is 43.0 Å². The number of esters is 1. The lowest BCUT2D eigenvalue weighted by Crippen LogP contribution is -2.38. The highest BCUT2D eigenvalue weighted by Crippen LogP contribution is 2.39. The molecule has 0 radical (unpaired) electrons. The monoisotopic (exact) mass is 581 g/mol. The van der Waals surface area contributed by atoms with Gasteiger partial charge in [-0.15, -0.1) is 0 Å². The zero-order valence-corrected chi connectivity index (χ0v) is 24.0. The minimum Gasteiger partial charge on any atom is -0.490 e. The van der Waals surface area contributed by atoms with Crippen LogP contribution >= 0.6 is 35.6 Å².